The summed E-state index contributed by atoms with van der Waals surface area (Å²) in [7, 11) is -4.34. The summed E-state index contributed by atoms with van der Waals surface area (Å²) in [6.07, 6.45) is 5.22. The number of anilines is 1. The molecule has 0 aromatic heterocycles. The number of carbonyl (C=O) groups excluding carboxylic acids is 2. The smallest absolute Gasteiger partial charge is 0.264 e. The monoisotopic (exact) mass is 599 g/mol. The van der Waals surface area contributed by atoms with Crippen molar-refractivity contribution in [3.63, 3.8) is 0 Å². The summed E-state index contributed by atoms with van der Waals surface area (Å²) in [6, 6.07) is 19.1. The first kappa shape index (κ1) is 30.5. The van der Waals surface area contributed by atoms with Crippen LogP contribution in [0.3, 0.4) is 0 Å². The second kappa shape index (κ2) is 14.0. The highest BCUT2D eigenvalue weighted by atomic mass is 35.5. The highest BCUT2D eigenvalue weighted by Gasteiger charge is 2.35. The van der Waals surface area contributed by atoms with E-state index in [1.165, 1.54) is 35.2 Å². The average Bonchev–Trinajstić information content (AvgIpc) is 2.98. The molecule has 1 atom stereocenters. The van der Waals surface area contributed by atoms with Gasteiger partial charge in [0.2, 0.25) is 11.8 Å². The van der Waals surface area contributed by atoms with Gasteiger partial charge in [0.15, 0.2) is 0 Å². The number of halogens is 2. The molecule has 0 bridgehead atoms. The van der Waals surface area contributed by atoms with Crippen molar-refractivity contribution in [1.82, 2.24) is 10.2 Å². The van der Waals surface area contributed by atoms with Crippen molar-refractivity contribution < 1.29 is 22.4 Å². The lowest BCUT2D eigenvalue weighted by Crippen LogP contribution is -2.54. The number of sulfonamides is 1. The van der Waals surface area contributed by atoms with Crippen LogP contribution in [0.2, 0.25) is 5.02 Å². The fourth-order valence-corrected chi connectivity index (χ4v) is 6.80. The highest BCUT2D eigenvalue weighted by molar-refractivity contribution is 7.92. The molecule has 2 amide bonds. The number of hydrogen-bond acceptors (Lipinski definition) is 4. The Balaban J connectivity index is 1.71. The SMILES string of the molecule is CCC(C(=O)NC1CCCCC1)N(Cc1ccccc1Cl)C(=O)CN(c1ccccc1F)S(=O)(=O)c1ccccc1. The first-order valence-electron chi connectivity index (χ1n) is 13.9. The van der Waals surface area contributed by atoms with E-state index in [9.17, 15) is 18.0 Å². The molecule has 0 saturated heterocycles. The molecular weight excluding hydrogens is 565 g/mol. The number of hydrogen-bond donors (Lipinski definition) is 1. The van der Waals surface area contributed by atoms with Gasteiger partial charge in [-0.05, 0) is 55.2 Å². The van der Waals surface area contributed by atoms with Crippen molar-refractivity contribution in [2.24, 2.45) is 0 Å². The normalized spacial score (nSPS) is 14.7. The van der Waals surface area contributed by atoms with E-state index in [1.54, 1.807) is 49.4 Å². The maximum absolute atomic E-state index is 15.0. The molecule has 1 aliphatic carbocycles. The maximum Gasteiger partial charge on any atom is 0.264 e. The van der Waals surface area contributed by atoms with Crippen molar-refractivity contribution in [1.29, 1.82) is 0 Å². The maximum atomic E-state index is 15.0. The molecule has 1 N–H and O–H groups in total. The number of nitrogens with zero attached hydrogens (tertiary/aromatic N) is 2. The lowest BCUT2D eigenvalue weighted by molar-refractivity contribution is -0.140. The van der Waals surface area contributed by atoms with Gasteiger partial charge in [0.05, 0.1) is 10.6 Å². The Labute approximate surface area is 246 Å². The zero-order chi connectivity index (χ0) is 29.4. The molecule has 0 radical (unpaired) electrons. The standard InChI is InChI=1S/C31H35ClFN3O4S/c1-2-28(31(38)34-24-14-5-3-6-15-24)35(21-23-13-9-10-18-26(23)32)30(37)22-36(29-20-12-11-19-27(29)33)41(39,40)25-16-7-4-8-17-25/h4,7-13,16-20,24,28H,2-3,5-6,14-15,21-22H2,1H3,(H,34,38). The van der Waals surface area contributed by atoms with Crippen LogP contribution >= 0.6 is 11.6 Å². The van der Waals surface area contributed by atoms with Crippen LogP contribution in [-0.2, 0) is 26.2 Å². The molecule has 1 aliphatic rings. The third kappa shape index (κ3) is 7.45. The second-order valence-corrected chi connectivity index (χ2v) is 12.4. The van der Waals surface area contributed by atoms with Gasteiger partial charge < -0.3 is 10.2 Å². The Morgan fingerprint density at radius 3 is 2.24 bits per heavy atom. The molecule has 218 valence electrons. The molecular formula is C31H35ClFN3O4S. The highest BCUT2D eigenvalue weighted by Crippen LogP contribution is 2.28. The van der Waals surface area contributed by atoms with Crippen LogP contribution in [-0.4, -0.2) is 43.8 Å². The second-order valence-electron chi connectivity index (χ2n) is 10.2. The summed E-state index contributed by atoms with van der Waals surface area (Å²) in [5.41, 5.74) is 0.344. The Hall–Kier alpha value is -3.43. The van der Waals surface area contributed by atoms with Crippen LogP contribution in [0.15, 0.2) is 83.8 Å². The summed E-state index contributed by atoms with van der Waals surface area (Å²) < 4.78 is 43.4. The largest absolute Gasteiger partial charge is 0.352 e. The Morgan fingerprint density at radius 2 is 1.59 bits per heavy atom. The van der Waals surface area contributed by atoms with Gasteiger partial charge in [-0.1, -0.05) is 86.3 Å². The summed E-state index contributed by atoms with van der Waals surface area (Å²) in [5.74, 6) is -1.75. The molecule has 1 unspecified atom stereocenters. The topological polar surface area (TPSA) is 86.8 Å². The van der Waals surface area contributed by atoms with Crippen molar-refractivity contribution in [3.05, 3.63) is 95.3 Å². The molecule has 4 rings (SSSR count). The minimum atomic E-state index is -4.34. The van der Waals surface area contributed by atoms with Crippen LogP contribution in [0, 0.1) is 5.82 Å². The Bertz CT molecular complexity index is 1450. The predicted molar refractivity (Wildman–Crippen MR) is 158 cm³/mol. The molecule has 3 aromatic rings. The average molecular weight is 600 g/mol. The molecule has 10 heteroatoms. The lowest BCUT2D eigenvalue weighted by Gasteiger charge is -2.34. The molecule has 1 fully saturated rings. The molecule has 0 heterocycles. The van der Waals surface area contributed by atoms with Gasteiger partial charge >= 0.3 is 0 Å². The van der Waals surface area contributed by atoms with Crippen LogP contribution in [0.25, 0.3) is 0 Å². The fourth-order valence-electron chi connectivity index (χ4n) is 5.16. The number of nitrogens with one attached hydrogen (secondary N) is 1. The summed E-state index contributed by atoms with van der Waals surface area (Å²) in [6.45, 7) is 1.06. The summed E-state index contributed by atoms with van der Waals surface area (Å²) in [5, 5.41) is 3.51. The number of para-hydroxylation sites is 1. The minimum Gasteiger partial charge on any atom is -0.352 e. The third-order valence-corrected chi connectivity index (χ3v) is 9.51. The van der Waals surface area contributed by atoms with Crippen LogP contribution in [0.4, 0.5) is 10.1 Å². The Kier molecular flexibility index (Phi) is 10.4. The van der Waals surface area contributed by atoms with Gasteiger partial charge in [-0.25, -0.2) is 12.8 Å². The van der Waals surface area contributed by atoms with Gasteiger partial charge in [0, 0.05) is 17.6 Å². The van der Waals surface area contributed by atoms with Gasteiger partial charge in [-0.2, -0.15) is 0 Å². The zero-order valence-electron chi connectivity index (χ0n) is 23.0. The fraction of sp³-hybridized carbons (Fsp3) is 0.355. The van der Waals surface area contributed by atoms with Gasteiger partial charge in [-0.15, -0.1) is 0 Å². The van der Waals surface area contributed by atoms with E-state index in [0.29, 0.717) is 17.0 Å². The number of benzene rings is 3. The van der Waals surface area contributed by atoms with Crippen LogP contribution < -0.4 is 9.62 Å². The molecule has 7 nitrogen and oxygen atoms in total. The number of amides is 2. The minimum absolute atomic E-state index is 0.0222. The summed E-state index contributed by atoms with van der Waals surface area (Å²) in [4.78, 5) is 28.9. The van der Waals surface area contributed by atoms with E-state index in [1.807, 2.05) is 0 Å². The number of carbonyl (C=O) groups is 2. The van der Waals surface area contributed by atoms with Crippen molar-refractivity contribution in [3.8, 4) is 0 Å². The van der Waals surface area contributed by atoms with Crippen LogP contribution in [0.1, 0.15) is 51.0 Å². The lowest BCUT2D eigenvalue weighted by atomic mass is 9.95. The van der Waals surface area contributed by atoms with Gasteiger partial charge in [-0.3, -0.25) is 13.9 Å². The Morgan fingerprint density at radius 1 is 0.951 bits per heavy atom. The van der Waals surface area contributed by atoms with E-state index >= 15 is 4.39 Å². The molecule has 3 aromatic carbocycles. The quantitative estimate of drug-likeness (QED) is 0.296. The molecule has 0 spiro atoms. The zero-order valence-corrected chi connectivity index (χ0v) is 24.6. The van der Waals surface area contributed by atoms with Crippen molar-refractivity contribution >= 4 is 39.1 Å². The molecule has 1 saturated carbocycles. The van der Waals surface area contributed by atoms with Crippen molar-refractivity contribution in [2.75, 3.05) is 10.8 Å². The third-order valence-electron chi connectivity index (χ3n) is 7.37. The number of rotatable bonds is 11. The summed E-state index contributed by atoms with van der Waals surface area (Å²) >= 11 is 6.44. The predicted octanol–water partition coefficient (Wildman–Crippen LogP) is 5.93. The molecule has 0 aliphatic heterocycles. The van der Waals surface area contributed by atoms with E-state index in [4.69, 9.17) is 11.6 Å². The van der Waals surface area contributed by atoms with Gasteiger partial charge in [0.1, 0.15) is 18.4 Å². The first-order chi connectivity index (χ1) is 19.7. The van der Waals surface area contributed by atoms with Crippen LogP contribution in [0.5, 0.6) is 0 Å². The van der Waals surface area contributed by atoms with Crippen molar-refractivity contribution in [2.45, 2.75) is 69.0 Å². The van der Waals surface area contributed by atoms with E-state index < -0.39 is 34.3 Å². The van der Waals surface area contributed by atoms with E-state index in [2.05, 4.69) is 5.32 Å². The van der Waals surface area contributed by atoms with E-state index in [-0.39, 0.29) is 29.1 Å². The molecule has 41 heavy (non-hydrogen) atoms. The van der Waals surface area contributed by atoms with Gasteiger partial charge in [0.25, 0.3) is 10.0 Å². The van der Waals surface area contributed by atoms with E-state index in [0.717, 1.165) is 42.5 Å². The first-order valence-corrected chi connectivity index (χ1v) is 15.7.